The van der Waals surface area contributed by atoms with E-state index in [0.29, 0.717) is 17.9 Å². The van der Waals surface area contributed by atoms with E-state index < -0.39 is 5.91 Å². The first kappa shape index (κ1) is 20.1. The molecule has 4 aromatic rings. The quantitative estimate of drug-likeness (QED) is 0.447. The van der Waals surface area contributed by atoms with E-state index in [4.69, 9.17) is 15.7 Å². The van der Waals surface area contributed by atoms with Crippen molar-refractivity contribution in [2.75, 3.05) is 23.8 Å². The Balaban J connectivity index is 1.65. The minimum Gasteiger partial charge on any atom is -0.366 e. The highest BCUT2D eigenvalue weighted by molar-refractivity contribution is 6.09. The van der Waals surface area contributed by atoms with Crippen LogP contribution in [0.2, 0.25) is 0 Å². The van der Waals surface area contributed by atoms with Crippen LogP contribution in [-0.4, -0.2) is 34.5 Å². The SMILES string of the molecule is Cc1[nH]c2c(C(N)=O)cccc2c1-c1nc(NCc2ccccc2)c2c(n1)N(C)CCC2. The number of carbonyl (C=O) groups excluding carboxylic acids is 1. The van der Waals surface area contributed by atoms with Crippen molar-refractivity contribution >= 4 is 28.4 Å². The maximum atomic E-state index is 11.9. The molecule has 0 aliphatic carbocycles. The number of hydrogen-bond acceptors (Lipinski definition) is 5. The monoisotopic (exact) mass is 426 g/mol. The van der Waals surface area contributed by atoms with Crippen LogP contribution in [-0.2, 0) is 13.0 Å². The molecule has 1 amide bonds. The Morgan fingerprint density at radius 1 is 1.16 bits per heavy atom. The number of H-pyrrole nitrogens is 1. The molecule has 1 aliphatic rings. The normalized spacial score (nSPS) is 13.2. The second-order valence-corrected chi connectivity index (χ2v) is 8.28. The van der Waals surface area contributed by atoms with Crippen molar-refractivity contribution in [3.8, 4) is 11.4 Å². The predicted octanol–water partition coefficient (Wildman–Crippen LogP) is 4.03. The molecule has 0 saturated carbocycles. The Morgan fingerprint density at radius 2 is 1.97 bits per heavy atom. The van der Waals surface area contributed by atoms with Crippen LogP contribution in [0.3, 0.4) is 0 Å². The van der Waals surface area contributed by atoms with E-state index in [1.54, 1.807) is 6.07 Å². The van der Waals surface area contributed by atoms with Gasteiger partial charge >= 0.3 is 0 Å². The van der Waals surface area contributed by atoms with Crippen molar-refractivity contribution in [1.82, 2.24) is 15.0 Å². The lowest BCUT2D eigenvalue weighted by Gasteiger charge is -2.28. The van der Waals surface area contributed by atoms with Crippen molar-refractivity contribution in [2.45, 2.75) is 26.3 Å². The van der Waals surface area contributed by atoms with E-state index in [-0.39, 0.29) is 0 Å². The first-order chi connectivity index (χ1) is 15.5. The van der Waals surface area contributed by atoms with Crippen LogP contribution in [0.15, 0.2) is 48.5 Å². The Labute approximate surface area is 186 Å². The number of anilines is 2. The van der Waals surface area contributed by atoms with Gasteiger partial charge in [0.2, 0.25) is 0 Å². The van der Waals surface area contributed by atoms with Crippen LogP contribution in [0.25, 0.3) is 22.3 Å². The summed E-state index contributed by atoms with van der Waals surface area (Å²) >= 11 is 0. The van der Waals surface area contributed by atoms with E-state index >= 15 is 0 Å². The third-order valence-electron chi connectivity index (χ3n) is 6.08. The number of aryl methyl sites for hydroxylation is 1. The molecular formula is C25H26N6O. The van der Waals surface area contributed by atoms with E-state index in [9.17, 15) is 4.79 Å². The molecule has 5 rings (SSSR count). The molecule has 0 atom stereocenters. The number of rotatable bonds is 5. The lowest BCUT2D eigenvalue weighted by atomic mass is 10.0. The molecule has 3 heterocycles. The fourth-order valence-electron chi connectivity index (χ4n) is 4.50. The molecule has 32 heavy (non-hydrogen) atoms. The van der Waals surface area contributed by atoms with Gasteiger partial charge in [-0.25, -0.2) is 9.97 Å². The molecule has 2 aromatic carbocycles. The second-order valence-electron chi connectivity index (χ2n) is 8.28. The smallest absolute Gasteiger partial charge is 0.250 e. The average molecular weight is 427 g/mol. The molecular weight excluding hydrogens is 400 g/mol. The second kappa shape index (κ2) is 8.00. The first-order valence-electron chi connectivity index (χ1n) is 10.8. The summed E-state index contributed by atoms with van der Waals surface area (Å²) in [6, 6.07) is 15.9. The molecule has 7 nitrogen and oxygen atoms in total. The molecule has 7 heteroatoms. The number of nitrogens with one attached hydrogen (secondary N) is 2. The van der Waals surface area contributed by atoms with Crippen LogP contribution in [0.1, 0.15) is 33.6 Å². The van der Waals surface area contributed by atoms with Crippen LogP contribution < -0.4 is 16.0 Å². The molecule has 0 fully saturated rings. The Bertz CT molecular complexity index is 1310. The summed E-state index contributed by atoms with van der Waals surface area (Å²) in [6.07, 6.45) is 2.01. The average Bonchev–Trinajstić information content (AvgIpc) is 3.14. The first-order valence-corrected chi connectivity index (χ1v) is 10.8. The maximum absolute atomic E-state index is 11.9. The molecule has 0 bridgehead atoms. The zero-order chi connectivity index (χ0) is 22.2. The summed E-state index contributed by atoms with van der Waals surface area (Å²) < 4.78 is 0. The number of hydrogen-bond donors (Lipinski definition) is 3. The van der Waals surface area contributed by atoms with Gasteiger partial charge in [-0.3, -0.25) is 4.79 Å². The fraction of sp³-hybridized carbons (Fsp3) is 0.240. The van der Waals surface area contributed by atoms with Gasteiger partial charge in [-0.2, -0.15) is 0 Å². The molecule has 0 spiro atoms. The molecule has 4 N–H and O–H groups in total. The van der Waals surface area contributed by atoms with Crippen LogP contribution in [0.4, 0.5) is 11.6 Å². The van der Waals surface area contributed by atoms with Gasteiger partial charge in [0.1, 0.15) is 11.6 Å². The van der Waals surface area contributed by atoms with Gasteiger partial charge < -0.3 is 20.9 Å². The molecule has 162 valence electrons. The molecule has 0 unspecified atom stereocenters. The number of fused-ring (bicyclic) bond motifs is 2. The lowest BCUT2D eigenvalue weighted by Crippen LogP contribution is -2.27. The number of nitrogens with zero attached hydrogens (tertiary/aromatic N) is 3. The highest BCUT2D eigenvalue weighted by Gasteiger charge is 2.24. The Kier molecular flexibility index (Phi) is 5.01. The minimum atomic E-state index is -0.459. The van der Waals surface area contributed by atoms with Gasteiger partial charge in [-0.1, -0.05) is 42.5 Å². The number of aromatic amines is 1. The highest BCUT2D eigenvalue weighted by atomic mass is 16.1. The third kappa shape index (κ3) is 3.45. The Morgan fingerprint density at radius 3 is 2.75 bits per heavy atom. The fourth-order valence-corrected chi connectivity index (χ4v) is 4.50. The number of benzene rings is 2. The lowest BCUT2D eigenvalue weighted by molar-refractivity contribution is 0.100. The number of para-hydroxylation sites is 1. The highest BCUT2D eigenvalue weighted by Crippen LogP contribution is 2.36. The van der Waals surface area contributed by atoms with Crippen molar-refractivity contribution in [3.05, 3.63) is 70.9 Å². The van der Waals surface area contributed by atoms with Crippen LogP contribution in [0, 0.1) is 6.92 Å². The van der Waals surface area contributed by atoms with Crippen LogP contribution >= 0.6 is 0 Å². The van der Waals surface area contributed by atoms with Crippen molar-refractivity contribution in [3.63, 3.8) is 0 Å². The van der Waals surface area contributed by atoms with Crippen molar-refractivity contribution in [2.24, 2.45) is 5.73 Å². The van der Waals surface area contributed by atoms with Crippen LogP contribution in [0.5, 0.6) is 0 Å². The third-order valence-corrected chi connectivity index (χ3v) is 6.08. The Hall–Kier alpha value is -3.87. The summed E-state index contributed by atoms with van der Waals surface area (Å²) in [7, 11) is 2.07. The molecule has 0 saturated heterocycles. The van der Waals surface area contributed by atoms with E-state index in [2.05, 4.69) is 34.4 Å². The van der Waals surface area contributed by atoms with E-state index in [0.717, 1.165) is 58.7 Å². The summed E-state index contributed by atoms with van der Waals surface area (Å²) in [5.74, 6) is 2.00. The molecule has 0 radical (unpaired) electrons. The molecule has 1 aliphatic heterocycles. The summed E-state index contributed by atoms with van der Waals surface area (Å²) in [5.41, 5.74) is 10.9. The van der Waals surface area contributed by atoms with E-state index in [1.807, 2.05) is 37.3 Å². The summed E-state index contributed by atoms with van der Waals surface area (Å²) in [5, 5.41) is 4.44. The van der Waals surface area contributed by atoms with Gasteiger partial charge in [-0.05, 0) is 31.4 Å². The topological polar surface area (TPSA) is 99.9 Å². The number of primary amides is 1. The van der Waals surface area contributed by atoms with Crippen molar-refractivity contribution in [1.29, 1.82) is 0 Å². The largest absolute Gasteiger partial charge is 0.366 e. The zero-order valence-corrected chi connectivity index (χ0v) is 18.3. The zero-order valence-electron chi connectivity index (χ0n) is 18.3. The molecule has 2 aromatic heterocycles. The number of amides is 1. The van der Waals surface area contributed by atoms with Gasteiger partial charge in [-0.15, -0.1) is 0 Å². The van der Waals surface area contributed by atoms with Gasteiger partial charge in [0.25, 0.3) is 5.91 Å². The van der Waals surface area contributed by atoms with Gasteiger partial charge in [0.05, 0.1) is 11.1 Å². The van der Waals surface area contributed by atoms with Gasteiger partial charge in [0, 0.05) is 42.3 Å². The van der Waals surface area contributed by atoms with Crippen molar-refractivity contribution < 1.29 is 4.79 Å². The van der Waals surface area contributed by atoms with E-state index in [1.165, 1.54) is 5.56 Å². The predicted molar refractivity (Wildman–Crippen MR) is 128 cm³/mol. The van der Waals surface area contributed by atoms with Gasteiger partial charge in [0.15, 0.2) is 5.82 Å². The minimum absolute atomic E-state index is 0.459. The maximum Gasteiger partial charge on any atom is 0.250 e. The summed E-state index contributed by atoms with van der Waals surface area (Å²) in [4.78, 5) is 27.4. The number of carbonyl (C=O) groups is 1. The number of aromatic nitrogens is 3. The summed E-state index contributed by atoms with van der Waals surface area (Å²) in [6.45, 7) is 3.62. The number of nitrogens with two attached hydrogens (primary N) is 1. The standard InChI is InChI=1S/C25H26N6O/c1-15-20(17-10-6-11-18(22(26)32)21(17)28-15)24-29-23(27-14-16-8-4-3-5-9-16)19-12-7-13-31(2)25(19)30-24/h3-6,8-11,28H,7,12-14H2,1-2H3,(H2,26,32)(H,27,29,30).